The van der Waals surface area contributed by atoms with Gasteiger partial charge in [-0.2, -0.15) is 0 Å². The molecule has 3 aromatic carbocycles. The van der Waals surface area contributed by atoms with Gasteiger partial charge < -0.3 is 0 Å². The van der Waals surface area contributed by atoms with Crippen molar-refractivity contribution in [2.24, 2.45) is 0 Å². The van der Waals surface area contributed by atoms with Crippen LogP contribution in [0, 0.1) is 0 Å². The third-order valence-corrected chi connectivity index (χ3v) is 4.79. The SMILES string of the molecule is Clc1ccc2c(c1)C(c1ccccc1)=[N+](Cc1ccccc1)CC2. The van der Waals surface area contributed by atoms with Gasteiger partial charge in [-0.3, -0.25) is 0 Å². The largest absolute Gasteiger partial charge is 0.224 e. The van der Waals surface area contributed by atoms with Crippen LogP contribution in [-0.4, -0.2) is 16.8 Å². The molecule has 3 aromatic rings. The maximum atomic E-state index is 6.31. The van der Waals surface area contributed by atoms with E-state index in [-0.39, 0.29) is 0 Å². The van der Waals surface area contributed by atoms with Gasteiger partial charge in [0.15, 0.2) is 6.54 Å². The van der Waals surface area contributed by atoms with E-state index in [9.17, 15) is 0 Å². The first-order valence-corrected chi connectivity index (χ1v) is 8.69. The van der Waals surface area contributed by atoms with Crippen molar-refractivity contribution in [3.8, 4) is 0 Å². The molecule has 0 N–H and O–H groups in total. The van der Waals surface area contributed by atoms with Gasteiger partial charge in [0.05, 0.1) is 5.56 Å². The van der Waals surface area contributed by atoms with Crippen molar-refractivity contribution < 1.29 is 4.58 Å². The lowest BCUT2D eigenvalue weighted by Gasteiger charge is -2.19. The van der Waals surface area contributed by atoms with Crippen molar-refractivity contribution in [2.45, 2.75) is 13.0 Å². The summed E-state index contributed by atoms with van der Waals surface area (Å²) in [5.74, 6) is 0. The van der Waals surface area contributed by atoms with E-state index >= 15 is 0 Å². The molecule has 4 rings (SSSR count). The lowest BCUT2D eigenvalue weighted by atomic mass is 9.92. The van der Waals surface area contributed by atoms with Crippen LogP contribution in [0.15, 0.2) is 78.9 Å². The Balaban J connectivity index is 1.88. The molecule has 1 heterocycles. The lowest BCUT2D eigenvalue weighted by Crippen LogP contribution is -2.30. The Bertz CT molecular complexity index is 882. The molecule has 24 heavy (non-hydrogen) atoms. The van der Waals surface area contributed by atoms with Crippen molar-refractivity contribution >= 4 is 17.3 Å². The van der Waals surface area contributed by atoms with Gasteiger partial charge in [0.2, 0.25) is 5.71 Å². The third kappa shape index (κ3) is 3.00. The molecule has 0 radical (unpaired) electrons. The Hall–Kier alpha value is -2.38. The summed E-state index contributed by atoms with van der Waals surface area (Å²) in [6, 6.07) is 27.6. The first-order chi connectivity index (χ1) is 11.8. The van der Waals surface area contributed by atoms with Crippen molar-refractivity contribution in [2.75, 3.05) is 6.54 Å². The van der Waals surface area contributed by atoms with Gasteiger partial charge in [0, 0.05) is 22.6 Å². The molecule has 0 fully saturated rings. The summed E-state index contributed by atoms with van der Waals surface area (Å²) in [5, 5.41) is 0.795. The molecule has 0 unspecified atom stereocenters. The second-order valence-corrected chi connectivity index (χ2v) is 6.61. The van der Waals surface area contributed by atoms with Crippen LogP contribution >= 0.6 is 11.6 Å². The topological polar surface area (TPSA) is 3.01 Å². The van der Waals surface area contributed by atoms with E-state index in [1.54, 1.807) is 0 Å². The number of fused-ring (bicyclic) bond motifs is 1. The molecule has 1 aliphatic rings. The van der Waals surface area contributed by atoms with Crippen molar-refractivity contribution in [3.05, 3.63) is 106 Å². The maximum absolute atomic E-state index is 6.31. The second kappa shape index (κ2) is 6.62. The van der Waals surface area contributed by atoms with Gasteiger partial charge in [0.1, 0.15) is 6.54 Å². The maximum Gasteiger partial charge on any atom is 0.215 e. The standard InChI is InChI=1S/C22H19ClN/c23-20-12-11-18-13-14-24(16-17-7-3-1-4-8-17)22(21(18)15-20)19-9-5-2-6-10-19/h1-12,15H,13-14,16H2/q+1. The minimum atomic E-state index is 0.795. The summed E-state index contributed by atoms with van der Waals surface area (Å²) in [4.78, 5) is 0. The number of hydrogen-bond acceptors (Lipinski definition) is 0. The van der Waals surface area contributed by atoms with Crippen molar-refractivity contribution in [1.82, 2.24) is 0 Å². The van der Waals surface area contributed by atoms with E-state index in [1.807, 2.05) is 6.07 Å². The zero-order valence-electron chi connectivity index (χ0n) is 13.5. The molecular formula is C22H19ClN+. The quantitative estimate of drug-likeness (QED) is 0.597. The summed E-state index contributed by atoms with van der Waals surface area (Å²) in [6.07, 6.45) is 1.05. The van der Waals surface area contributed by atoms with Crippen LogP contribution in [-0.2, 0) is 13.0 Å². The Morgan fingerprint density at radius 3 is 2.29 bits per heavy atom. The van der Waals surface area contributed by atoms with Gasteiger partial charge in [-0.15, -0.1) is 0 Å². The van der Waals surface area contributed by atoms with Crippen LogP contribution in [0.4, 0.5) is 0 Å². The van der Waals surface area contributed by atoms with Gasteiger partial charge in [-0.1, -0.05) is 66.2 Å². The van der Waals surface area contributed by atoms with E-state index in [4.69, 9.17) is 11.6 Å². The number of hydrogen-bond donors (Lipinski definition) is 0. The first-order valence-electron chi connectivity index (χ1n) is 8.31. The highest BCUT2D eigenvalue weighted by atomic mass is 35.5. The molecule has 0 amide bonds. The molecule has 0 aliphatic carbocycles. The molecule has 118 valence electrons. The fraction of sp³-hybridized carbons (Fsp3) is 0.136. The third-order valence-electron chi connectivity index (χ3n) is 4.56. The van der Waals surface area contributed by atoms with Crippen LogP contribution in [0.5, 0.6) is 0 Å². The van der Waals surface area contributed by atoms with Gasteiger partial charge in [-0.25, -0.2) is 4.58 Å². The van der Waals surface area contributed by atoms with Crippen molar-refractivity contribution in [1.29, 1.82) is 0 Å². The summed E-state index contributed by atoms with van der Waals surface area (Å²) in [5.41, 5.74) is 6.50. The number of rotatable bonds is 3. The van der Waals surface area contributed by atoms with Gasteiger partial charge in [-0.05, 0) is 29.8 Å². The smallest absolute Gasteiger partial charge is 0.215 e. The highest BCUT2D eigenvalue weighted by Gasteiger charge is 2.27. The Morgan fingerprint density at radius 2 is 1.54 bits per heavy atom. The normalized spacial score (nSPS) is 13.7. The molecule has 1 nitrogen and oxygen atoms in total. The van der Waals surface area contributed by atoms with Crippen molar-refractivity contribution in [3.63, 3.8) is 0 Å². The second-order valence-electron chi connectivity index (χ2n) is 6.17. The molecular weight excluding hydrogens is 314 g/mol. The Labute approximate surface area is 147 Å². The van der Waals surface area contributed by atoms with E-state index in [1.165, 1.54) is 28.0 Å². The number of nitrogens with zero attached hydrogens (tertiary/aromatic N) is 1. The Morgan fingerprint density at radius 1 is 0.833 bits per heavy atom. The first kappa shape index (κ1) is 15.2. The molecule has 0 spiro atoms. The van der Waals surface area contributed by atoms with E-state index in [0.717, 1.165) is 24.5 Å². The zero-order chi connectivity index (χ0) is 16.4. The monoisotopic (exact) mass is 332 g/mol. The summed E-state index contributed by atoms with van der Waals surface area (Å²) >= 11 is 6.31. The molecule has 0 bridgehead atoms. The predicted molar refractivity (Wildman–Crippen MR) is 100 cm³/mol. The summed E-state index contributed by atoms with van der Waals surface area (Å²) in [6.45, 7) is 1.94. The lowest BCUT2D eigenvalue weighted by molar-refractivity contribution is -0.544. The minimum absolute atomic E-state index is 0.795. The van der Waals surface area contributed by atoms with Crippen LogP contribution in [0.2, 0.25) is 5.02 Å². The zero-order valence-corrected chi connectivity index (χ0v) is 14.2. The highest BCUT2D eigenvalue weighted by molar-refractivity contribution is 6.31. The Kier molecular flexibility index (Phi) is 4.18. The number of benzene rings is 3. The molecule has 1 aliphatic heterocycles. The summed E-state index contributed by atoms with van der Waals surface area (Å²) < 4.78 is 2.48. The number of halogens is 1. The van der Waals surface area contributed by atoms with Crippen LogP contribution < -0.4 is 0 Å². The fourth-order valence-electron chi connectivity index (χ4n) is 3.42. The van der Waals surface area contributed by atoms with E-state index < -0.39 is 0 Å². The molecule has 0 saturated carbocycles. The molecule has 2 heteroatoms. The average molecular weight is 333 g/mol. The van der Waals surface area contributed by atoms with Crippen LogP contribution in [0.1, 0.15) is 22.3 Å². The average Bonchev–Trinajstić information content (AvgIpc) is 2.63. The molecule has 0 aromatic heterocycles. The van der Waals surface area contributed by atoms with E-state index in [2.05, 4.69) is 77.4 Å². The highest BCUT2D eigenvalue weighted by Crippen LogP contribution is 2.24. The minimum Gasteiger partial charge on any atom is -0.224 e. The predicted octanol–water partition coefficient (Wildman–Crippen LogP) is 4.95. The summed E-state index contributed by atoms with van der Waals surface area (Å²) in [7, 11) is 0. The van der Waals surface area contributed by atoms with Crippen LogP contribution in [0.25, 0.3) is 0 Å². The van der Waals surface area contributed by atoms with Gasteiger partial charge >= 0.3 is 0 Å². The fourth-order valence-corrected chi connectivity index (χ4v) is 3.59. The molecule has 0 atom stereocenters. The molecule has 0 saturated heterocycles. The van der Waals surface area contributed by atoms with Gasteiger partial charge in [0.25, 0.3) is 0 Å². The van der Waals surface area contributed by atoms with Crippen LogP contribution in [0.3, 0.4) is 0 Å². The van der Waals surface area contributed by atoms with E-state index in [0.29, 0.717) is 0 Å².